The first-order valence-electron chi connectivity index (χ1n) is 5.94. The van der Waals surface area contributed by atoms with E-state index in [-0.39, 0.29) is 17.4 Å². The van der Waals surface area contributed by atoms with Crippen molar-refractivity contribution in [1.82, 2.24) is 0 Å². The fourth-order valence-electron chi connectivity index (χ4n) is 1.71. The lowest BCUT2D eigenvalue weighted by molar-refractivity contribution is 0.299. The van der Waals surface area contributed by atoms with E-state index in [1.807, 2.05) is 0 Å². The van der Waals surface area contributed by atoms with Gasteiger partial charge in [0, 0.05) is 11.1 Å². The number of thiocarbonyl (C=S) groups is 1. The number of hydrogen-bond acceptors (Lipinski definition) is 2. The lowest BCUT2D eigenvalue weighted by atomic mass is 10.1. The smallest absolute Gasteiger partial charge is 0.129 e. The molecule has 2 aromatic rings. The fraction of sp³-hybridized carbons (Fsp3) is 0.133. The van der Waals surface area contributed by atoms with Crippen LogP contribution in [0.1, 0.15) is 16.7 Å². The molecule has 0 atom stereocenters. The molecule has 0 heterocycles. The van der Waals surface area contributed by atoms with Crippen molar-refractivity contribution in [3.05, 3.63) is 64.7 Å². The minimum atomic E-state index is -0.399. The Morgan fingerprint density at radius 3 is 2.50 bits per heavy atom. The van der Waals surface area contributed by atoms with Crippen LogP contribution in [0.2, 0.25) is 0 Å². The Bertz CT molecular complexity index is 658. The maximum Gasteiger partial charge on any atom is 0.129 e. The van der Waals surface area contributed by atoms with Gasteiger partial charge in [0.25, 0.3) is 0 Å². The third-order valence-electron chi connectivity index (χ3n) is 2.85. The summed E-state index contributed by atoms with van der Waals surface area (Å²) in [6.45, 7) is 1.66. The highest BCUT2D eigenvalue weighted by Crippen LogP contribution is 2.19. The molecule has 0 spiro atoms. The summed E-state index contributed by atoms with van der Waals surface area (Å²) in [4.78, 5) is 0.198. The molecule has 2 aromatic carbocycles. The second-order valence-corrected chi connectivity index (χ2v) is 4.81. The molecule has 2 N–H and O–H groups in total. The summed E-state index contributed by atoms with van der Waals surface area (Å²) in [5.41, 5.74) is 6.90. The van der Waals surface area contributed by atoms with Gasteiger partial charge in [-0.1, -0.05) is 12.2 Å². The second-order valence-electron chi connectivity index (χ2n) is 4.37. The van der Waals surface area contributed by atoms with Gasteiger partial charge in [0.1, 0.15) is 29.0 Å². The molecule has 5 heteroatoms. The van der Waals surface area contributed by atoms with Gasteiger partial charge < -0.3 is 10.5 Å². The molecule has 0 aliphatic heterocycles. The maximum absolute atomic E-state index is 13.7. The lowest BCUT2D eigenvalue weighted by Gasteiger charge is -2.09. The molecule has 0 aliphatic rings. The number of nitrogens with two attached hydrogens (primary N) is 1. The predicted octanol–water partition coefficient (Wildman–Crippen LogP) is 3.49. The molecule has 0 unspecified atom stereocenters. The van der Waals surface area contributed by atoms with E-state index in [0.717, 1.165) is 0 Å². The number of ether oxygens (including phenoxy) is 1. The summed E-state index contributed by atoms with van der Waals surface area (Å²) in [6.07, 6.45) is 0. The van der Waals surface area contributed by atoms with Crippen LogP contribution in [-0.2, 0) is 6.61 Å². The highest BCUT2D eigenvalue weighted by Gasteiger charge is 2.07. The number of hydrogen-bond donors (Lipinski definition) is 1. The number of halogens is 2. The van der Waals surface area contributed by atoms with Gasteiger partial charge in [-0.2, -0.15) is 0 Å². The van der Waals surface area contributed by atoms with Crippen LogP contribution in [0.5, 0.6) is 5.75 Å². The zero-order chi connectivity index (χ0) is 14.7. The zero-order valence-electron chi connectivity index (χ0n) is 10.8. The minimum Gasteiger partial charge on any atom is -0.489 e. The Kier molecular flexibility index (Phi) is 4.29. The number of rotatable bonds is 4. The monoisotopic (exact) mass is 293 g/mol. The second kappa shape index (κ2) is 5.96. The summed E-state index contributed by atoms with van der Waals surface area (Å²) >= 11 is 4.85. The quantitative estimate of drug-likeness (QED) is 0.877. The van der Waals surface area contributed by atoms with Gasteiger partial charge in [0.15, 0.2) is 0 Å². The summed E-state index contributed by atoms with van der Waals surface area (Å²) in [7, 11) is 0. The minimum absolute atomic E-state index is 0.0212. The van der Waals surface area contributed by atoms with E-state index in [0.29, 0.717) is 22.4 Å². The Labute approximate surface area is 121 Å². The first kappa shape index (κ1) is 14.4. The third kappa shape index (κ3) is 3.30. The zero-order valence-corrected chi connectivity index (χ0v) is 11.6. The Morgan fingerprint density at radius 1 is 1.15 bits per heavy atom. The molecular weight excluding hydrogens is 280 g/mol. The topological polar surface area (TPSA) is 35.2 Å². The molecule has 2 nitrogen and oxygen atoms in total. The molecule has 0 saturated heterocycles. The van der Waals surface area contributed by atoms with Gasteiger partial charge in [-0.3, -0.25) is 0 Å². The van der Waals surface area contributed by atoms with Gasteiger partial charge in [-0.05, 0) is 48.9 Å². The molecule has 2 rings (SSSR count). The largest absolute Gasteiger partial charge is 0.489 e. The van der Waals surface area contributed by atoms with E-state index in [1.54, 1.807) is 19.1 Å². The normalized spacial score (nSPS) is 10.3. The molecule has 20 heavy (non-hydrogen) atoms. The summed E-state index contributed by atoms with van der Waals surface area (Å²) in [6, 6.07) is 8.73. The van der Waals surface area contributed by atoms with Crippen LogP contribution < -0.4 is 10.5 Å². The van der Waals surface area contributed by atoms with Crippen molar-refractivity contribution in [3.8, 4) is 5.75 Å². The van der Waals surface area contributed by atoms with Crippen LogP contribution in [0.3, 0.4) is 0 Å². The van der Waals surface area contributed by atoms with Gasteiger partial charge in [-0.15, -0.1) is 0 Å². The van der Waals surface area contributed by atoms with Crippen LogP contribution >= 0.6 is 12.2 Å². The molecule has 0 amide bonds. The van der Waals surface area contributed by atoms with Crippen LogP contribution in [0.15, 0.2) is 36.4 Å². The summed E-state index contributed by atoms with van der Waals surface area (Å²) < 4.78 is 32.2. The first-order valence-corrected chi connectivity index (χ1v) is 6.35. The van der Waals surface area contributed by atoms with Gasteiger partial charge in [0.05, 0.1) is 0 Å². The van der Waals surface area contributed by atoms with Crippen molar-refractivity contribution >= 4 is 17.2 Å². The average Bonchev–Trinajstić information content (AvgIpc) is 2.41. The maximum atomic E-state index is 13.7. The van der Waals surface area contributed by atoms with E-state index < -0.39 is 5.82 Å². The fourth-order valence-corrected chi connectivity index (χ4v) is 1.83. The number of aryl methyl sites for hydroxylation is 1. The molecule has 0 aromatic heterocycles. The lowest BCUT2D eigenvalue weighted by Crippen LogP contribution is -2.10. The molecule has 104 valence electrons. The Morgan fingerprint density at radius 2 is 1.85 bits per heavy atom. The molecule has 0 saturated carbocycles. The van der Waals surface area contributed by atoms with Crippen molar-refractivity contribution < 1.29 is 13.5 Å². The number of benzene rings is 2. The first-order chi connectivity index (χ1) is 9.47. The summed E-state index contributed by atoms with van der Waals surface area (Å²) in [5, 5.41) is 0. The van der Waals surface area contributed by atoms with Crippen molar-refractivity contribution in [1.29, 1.82) is 0 Å². The highest BCUT2D eigenvalue weighted by atomic mass is 32.1. The molecule has 0 aliphatic carbocycles. The average molecular weight is 293 g/mol. The van der Waals surface area contributed by atoms with E-state index in [2.05, 4.69) is 0 Å². The molecule has 0 fully saturated rings. The van der Waals surface area contributed by atoms with E-state index in [9.17, 15) is 8.78 Å². The summed E-state index contributed by atoms with van der Waals surface area (Å²) in [5.74, 6) is -0.230. The molecular formula is C15H13F2NOS. The Balaban J connectivity index is 2.15. The van der Waals surface area contributed by atoms with Crippen molar-refractivity contribution in [2.45, 2.75) is 13.5 Å². The van der Waals surface area contributed by atoms with Crippen molar-refractivity contribution in [2.24, 2.45) is 5.73 Å². The van der Waals surface area contributed by atoms with Crippen LogP contribution in [0.4, 0.5) is 8.78 Å². The van der Waals surface area contributed by atoms with E-state index in [1.165, 1.54) is 24.3 Å². The predicted molar refractivity (Wildman–Crippen MR) is 77.8 cm³/mol. The van der Waals surface area contributed by atoms with Crippen LogP contribution in [0.25, 0.3) is 0 Å². The standard InChI is InChI=1S/C15H13F2NOS/c1-9-6-12(3-5-13(9)16)19-8-11-7-10(15(18)20)2-4-14(11)17/h2-7H,8H2,1H3,(H2,18,20). The highest BCUT2D eigenvalue weighted by molar-refractivity contribution is 7.80. The molecule has 0 radical (unpaired) electrons. The van der Waals surface area contributed by atoms with Crippen LogP contribution in [0, 0.1) is 18.6 Å². The van der Waals surface area contributed by atoms with Crippen molar-refractivity contribution in [3.63, 3.8) is 0 Å². The van der Waals surface area contributed by atoms with Gasteiger partial charge >= 0.3 is 0 Å². The third-order valence-corrected chi connectivity index (χ3v) is 3.09. The van der Waals surface area contributed by atoms with Gasteiger partial charge in [0.2, 0.25) is 0 Å². The molecule has 0 bridgehead atoms. The SMILES string of the molecule is Cc1cc(OCc2cc(C(N)=S)ccc2F)ccc1F. The van der Waals surface area contributed by atoms with E-state index >= 15 is 0 Å². The van der Waals surface area contributed by atoms with Crippen molar-refractivity contribution in [2.75, 3.05) is 0 Å². The Hall–Kier alpha value is -2.01. The van der Waals surface area contributed by atoms with Crippen LogP contribution in [-0.4, -0.2) is 4.99 Å². The van der Waals surface area contributed by atoms with E-state index in [4.69, 9.17) is 22.7 Å². The van der Waals surface area contributed by atoms with Gasteiger partial charge in [-0.25, -0.2) is 8.78 Å².